The average Bonchev–Trinajstić information content (AvgIpc) is 2.92. The molecule has 1 aromatic carbocycles. The second-order valence-corrected chi connectivity index (χ2v) is 4.76. The van der Waals surface area contributed by atoms with E-state index in [1.165, 1.54) is 6.42 Å². The third kappa shape index (κ3) is 4.27. The minimum atomic E-state index is 0.384. The summed E-state index contributed by atoms with van der Waals surface area (Å²) in [7, 11) is 0. The van der Waals surface area contributed by atoms with Crippen LogP contribution in [0.15, 0.2) is 18.2 Å². The summed E-state index contributed by atoms with van der Waals surface area (Å²) < 4.78 is 11.4. The monoisotopic (exact) mass is 259 g/mol. The number of rotatable bonds is 4. The highest BCUT2D eigenvalue weighted by atomic mass is 16.5. The Hall–Kier alpha value is -1.50. The zero-order chi connectivity index (χ0) is 13.5. The van der Waals surface area contributed by atoms with Crippen molar-refractivity contribution >= 4 is 0 Å². The van der Waals surface area contributed by atoms with Gasteiger partial charge in [-0.3, -0.25) is 0 Å². The van der Waals surface area contributed by atoms with Crippen LogP contribution >= 0.6 is 0 Å². The van der Waals surface area contributed by atoms with Crippen molar-refractivity contribution in [1.29, 1.82) is 0 Å². The molecule has 0 radical (unpaired) electrons. The molecule has 1 fully saturated rings. The summed E-state index contributed by atoms with van der Waals surface area (Å²) in [4.78, 5) is 0. The van der Waals surface area contributed by atoms with Crippen LogP contribution in [0.2, 0.25) is 0 Å². The van der Waals surface area contributed by atoms with Crippen molar-refractivity contribution in [3.8, 4) is 17.6 Å². The highest BCUT2D eigenvalue weighted by Crippen LogP contribution is 2.20. The molecule has 2 N–H and O–H groups in total. The molecule has 0 amide bonds. The molecule has 1 atom stereocenters. The third-order valence-electron chi connectivity index (χ3n) is 3.23. The first-order chi connectivity index (χ1) is 9.29. The van der Waals surface area contributed by atoms with Crippen LogP contribution < -0.4 is 10.5 Å². The van der Waals surface area contributed by atoms with Crippen LogP contribution in [0.1, 0.15) is 30.4 Å². The normalized spacial score (nSPS) is 17.9. The van der Waals surface area contributed by atoms with Crippen LogP contribution in [0.25, 0.3) is 0 Å². The molecule has 1 heterocycles. The summed E-state index contributed by atoms with van der Waals surface area (Å²) in [5.74, 6) is 6.80. The lowest BCUT2D eigenvalue weighted by Gasteiger charge is -2.12. The van der Waals surface area contributed by atoms with Crippen LogP contribution in [0.4, 0.5) is 0 Å². The Bertz CT molecular complexity index is 467. The molecule has 1 saturated heterocycles. The average molecular weight is 259 g/mol. The van der Waals surface area contributed by atoms with Gasteiger partial charge in [-0.1, -0.05) is 11.8 Å². The lowest BCUT2D eigenvalue weighted by atomic mass is 10.1. The minimum absolute atomic E-state index is 0.384. The van der Waals surface area contributed by atoms with E-state index in [9.17, 15) is 0 Å². The van der Waals surface area contributed by atoms with Crippen LogP contribution in [0.3, 0.4) is 0 Å². The molecule has 102 valence electrons. The zero-order valence-corrected chi connectivity index (χ0v) is 11.4. The predicted octanol–water partition coefficient (Wildman–Crippen LogP) is 2.25. The molecule has 0 aromatic heterocycles. The van der Waals surface area contributed by atoms with E-state index >= 15 is 0 Å². The summed E-state index contributed by atoms with van der Waals surface area (Å²) in [5.41, 5.74) is 7.45. The third-order valence-corrected chi connectivity index (χ3v) is 3.23. The van der Waals surface area contributed by atoms with Crippen LogP contribution in [0.5, 0.6) is 5.75 Å². The first-order valence-electron chi connectivity index (χ1n) is 6.83. The smallest absolute Gasteiger partial charge is 0.122 e. The summed E-state index contributed by atoms with van der Waals surface area (Å²) in [6, 6.07) is 5.98. The molecule has 1 aliphatic rings. The van der Waals surface area contributed by atoms with E-state index in [1.54, 1.807) is 0 Å². The van der Waals surface area contributed by atoms with Gasteiger partial charge in [0.15, 0.2) is 0 Å². The molecule has 0 spiro atoms. The van der Waals surface area contributed by atoms with Gasteiger partial charge >= 0.3 is 0 Å². The largest absolute Gasteiger partial charge is 0.493 e. The Balaban J connectivity index is 1.86. The van der Waals surface area contributed by atoms with Crippen molar-refractivity contribution < 1.29 is 9.47 Å². The fourth-order valence-corrected chi connectivity index (χ4v) is 2.21. The number of nitrogens with two attached hydrogens (primary N) is 1. The molecule has 19 heavy (non-hydrogen) atoms. The lowest BCUT2D eigenvalue weighted by molar-refractivity contribution is 0.0902. The van der Waals surface area contributed by atoms with Crippen LogP contribution in [0, 0.1) is 18.8 Å². The van der Waals surface area contributed by atoms with Gasteiger partial charge in [-0.2, -0.15) is 0 Å². The van der Waals surface area contributed by atoms with E-state index < -0.39 is 0 Å². The topological polar surface area (TPSA) is 44.5 Å². The van der Waals surface area contributed by atoms with E-state index in [-0.39, 0.29) is 0 Å². The number of hydrogen-bond acceptors (Lipinski definition) is 3. The minimum Gasteiger partial charge on any atom is -0.493 e. The maximum atomic E-state index is 5.81. The Kier molecular flexibility index (Phi) is 5.26. The molecular formula is C16H21NO2. The van der Waals surface area contributed by atoms with E-state index in [2.05, 4.69) is 11.8 Å². The van der Waals surface area contributed by atoms with Crippen molar-refractivity contribution in [2.45, 2.75) is 32.3 Å². The fourth-order valence-electron chi connectivity index (χ4n) is 2.21. The van der Waals surface area contributed by atoms with E-state index in [0.717, 1.165) is 36.3 Å². The molecule has 1 aromatic rings. The first-order valence-corrected chi connectivity index (χ1v) is 6.83. The standard InChI is InChI=1S/C16H21NO2/c1-13-12-14(4-2-9-17)6-7-16(13)19-11-8-15-5-3-10-18-15/h6-7,12,15H,3,5,8-11,17H2,1H3. The fraction of sp³-hybridized carbons (Fsp3) is 0.500. The van der Waals surface area contributed by atoms with Crippen LogP contribution in [-0.2, 0) is 4.74 Å². The van der Waals surface area contributed by atoms with E-state index in [4.69, 9.17) is 15.2 Å². The van der Waals surface area contributed by atoms with Crippen molar-refractivity contribution in [3.63, 3.8) is 0 Å². The molecule has 0 aliphatic carbocycles. The van der Waals surface area contributed by atoms with Gasteiger partial charge in [-0.15, -0.1) is 0 Å². The SMILES string of the molecule is Cc1cc(C#CCN)ccc1OCCC1CCCO1. The van der Waals surface area contributed by atoms with Crippen molar-refractivity contribution in [2.75, 3.05) is 19.8 Å². The number of ether oxygens (including phenoxy) is 2. The summed E-state index contributed by atoms with van der Waals surface area (Å²) in [6.07, 6.45) is 3.69. The van der Waals surface area contributed by atoms with Crippen molar-refractivity contribution in [3.05, 3.63) is 29.3 Å². The van der Waals surface area contributed by atoms with Gasteiger partial charge in [0.25, 0.3) is 0 Å². The Morgan fingerprint density at radius 3 is 3.05 bits per heavy atom. The Morgan fingerprint density at radius 2 is 2.37 bits per heavy atom. The Labute approximate surface area is 115 Å². The summed E-state index contributed by atoms with van der Waals surface area (Å²) >= 11 is 0. The van der Waals surface area contributed by atoms with Crippen LogP contribution in [-0.4, -0.2) is 25.9 Å². The second-order valence-electron chi connectivity index (χ2n) is 4.76. The lowest BCUT2D eigenvalue weighted by Crippen LogP contribution is -2.11. The highest BCUT2D eigenvalue weighted by molar-refractivity contribution is 5.43. The molecule has 0 saturated carbocycles. The predicted molar refractivity (Wildman–Crippen MR) is 76.2 cm³/mol. The first kappa shape index (κ1) is 13.9. The van der Waals surface area contributed by atoms with Gasteiger partial charge in [-0.05, 0) is 43.5 Å². The molecule has 2 rings (SSSR count). The molecule has 3 heteroatoms. The second kappa shape index (κ2) is 7.18. The van der Waals surface area contributed by atoms with Crippen molar-refractivity contribution in [1.82, 2.24) is 0 Å². The molecule has 0 bridgehead atoms. The number of hydrogen-bond donors (Lipinski definition) is 1. The van der Waals surface area contributed by atoms with E-state index in [1.807, 2.05) is 25.1 Å². The van der Waals surface area contributed by atoms with Gasteiger partial charge in [0.1, 0.15) is 5.75 Å². The molecule has 3 nitrogen and oxygen atoms in total. The maximum absolute atomic E-state index is 5.81. The molecular weight excluding hydrogens is 238 g/mol. The maximum Gasteiger partial charge on any atom is 0.122 e. The van der Waals surface area contributed by atoms with Gasteiger partial charge in [0.2, 0.25) is 0 Å². The van der Waals surface area contributed by atoms with E-state index in [0.29, 0.717) is 19.3 Å². The van der Waals surface area contributed by atoms with Gasteiger partial charge < -0.3 is 15.2 Å². The number of benzene rings is 1. The summed E-state index contributed by atoms with van der Waals surface area (Å²) in [5, 5.41) is 0. The molecule has 1 aliphatic heterocycles. The van der Waals surface area contributed by atoms with Gasteiger partial charge in [-0.25, -0.2) is 0 Å². The molecule has 1 unspecified atom stereocenters. The Morgan fingerprint density at radius 1 is 1.47 bits per heavy atom. The number of aryl methyl sites for hydroxylation is 1. The zero-order valence-electron chi connectivity index (χ0n) is 11.4. The highest BCUT2D eigenvalue weighted by Gasteiger charge is 2.15. The van der Waals surface area contributed by atoms with Gasteiger partial charge in [0, 0.05) is 18.6 Å². The quantitative estimate of drug-likeness (QED) is 0.843. The van der Waals surface area contributed by atoms with Gasteiger partial charge in [0.05, 0.1) is 19.3 Å². The van der Waals surface area contributed by atoms with Crippen molar-refractivity contribution in [2.24, 2.45) is 5.73 Å². The summed E-state index contributed by atoms with van der Waals surface area (Å²) in [6.45, 7) is 4.03.